The van der Waals surface area contributed by atoms with E-state index < -0.39 is 0 Å². The lowest BCUT2D eigenvalue weighted by Crippen LogP contribution is -2.36. The van der Waals surface area contributed by atoms with Crippen molar-refractivity contribution >= 4 is 23.0 Å². The second kappa shape index (κ2) is 5.88. The van der Waals surface area contributed by atoms with Crippen molar-refractivity contribution in [1.29, 1.82) is 0 Å². The fraction of sp³-hybridized carbons (Fsp3) is 0.385. The van der Waals surface area contributed by atoms with Crippen molar-refractivity contribution in [1.82, 2.24) is 15.2 Å². The SMILES string of the molecule is Cc1ccc(N=Nc2c(N3CCOCC3)n[nH]c2N)cn1. The molecular formula is C13H17N7O. The largest absolute Gasteiger partial charge is 0.382 e. The molecule has 21 heavy (non-hydrogen) atoms. The van der Waals surface area contributed by atoms with Crippen molar-refractivity contribution in [3.63, 3.8) is 0 Å². The fourth-order valence-electron chi connectivity index (χ4n) is 2.06. The van der Waals surface area contributed by atoms with Gasteiger partial charge in [-0.15, -0.1) is 10.2 Å². The molecular weight excluding hydrogens is 270 g/mol. The molecule has 0 saturated carbocycles. The van der Waals surface area contributed by atoms with E-state index in [1.54, 1.807) is 6.20 Å². The van der Waals surface area contributed by atoms with Crippen LogP contribution in [0.3, 0.4) is 0 Å². The molecule has 2 aromatic rings. The zero-order valence-electron chi connectivity index (χ0n) is 11.8. The summed E-state index contributed by atoms with van der Waals surface area (Å²) >= 11 is 0. The molecule has 0 atom stereocenters. The minimum Gasteiger partial charge on any atom is -0.382 e. The lowest BCUT2D eigenvalue weighted by molar-refractivity contribution is 0.122. The zero-order chi connectivity index (χ0) is 14.7. The van der Waals surface area contributed by atoms with Crippen LogP contribution in [0.25, 0.3) is 0 Å². The van der Waals surface area contributed by atoms with Gasteiger partial charge in [0.15, 0.2) is 11.5 Å². The summed E-state index contributed by atoms with van der Waals surface area (Å²) < 4.78 is 5.34. The molecule has 1 fully saturated rings. The number of nitrogen functional groups attached to an aromatic ring is 1. The molecule has 3 rings (SSSR count). The number of anilines is 2. The monoisotopic (exact) mass is 287 g/mol. The number of rotatable bonds is 3. The Labute approximate surface area is 122 Å². The summed E-state index contributed by atoms with van der Waals surface area (Å²) in [6.07, 6.45) is 1.67. The van der Waals surface area contributed by atoms with Crippen LogP contribution in [0.2, 0.25) is 0 Å². The summed E-state index contributed by atoms with van der Waals surface area (Å²) in [5.74, 6) is 1.11. The minimum absolute atomic E-state index is 0.403. The highest BCUT2D eigenvalue weighted by Crippen LogP contribution is 2.33. The molecule has 0 aliphatic carbocycles. The second-order valence-electron chi connectivity index (χ2n) is 4.77. The average Bonchev–Trinajstić information content (AvgIpc) is 2.89. The maximum Gasteiger partial charge on any atom is 0.180 e. The number of nitrogens with zero attached hydrogens (tertiary/aromatic N) is 5. The van der Waals surface area contributed by atoms with Gasteiger partial charge in [-0.2, -0.15) is 5.10 Å². The summed E-state index contributed by atoms with van der Waals surface area (Å²) in [4.78, 5) is 6.26. The predicted molar refractivity (Wildman–Crippen MR) is 79.2 cm³/mol. The van der Waals surface area contributed by atoms with Crippen molar-refractivity contribution < 1.29 is 4.74 Å². The fourth-order valence-corrected chi connectivity index (χ4v) is 2.06. The standard InChI is InChI=1S/C13H17N7O/c1-9-2-3-10(8-15-9)16-17-11-12(14)18-19-13(11)20-4-6-21-7-5-20/h2-3,8H,4-7H2,1H3,(H3,14,18,19). The van der Waals surface area contributed by atoms with Gasteiger partial charge >= 0.3 is 0 Å². The highest BCUT2D eigenvalue weighted by atomic mass is 16.5. The number of ether oxygens (including phenoxy) is 1. The molecule has 1 aliphatic rings. The number of aromatic amines is 1. The van der Waals surface area contributed by atoms with E-state index in [1.807, 2.05) is 19.1 Å². The number of azo groups is 1. The molecule has 2 aromatic heterocycles. The molecule has 0 aromatic carbocycles. The van der Waals surface area contributed by atoms with Crippen LogP contribution < -0.4 is 10.6 Å². The van der Waals surface area contributed by atoms with Gasteiger partial charge in [-0.05, 0) is 19.1 Å². The van der Waals surface area contributed by atoms with Crippen LogP contribution in [0, 0.1) is 6.92 Å². The van der Waals surface area contributed by atoms with E-state index in [-0.39, 0.29) is 0 Å². The number of aromatic nitrogens is 3. The number of hydrogen-bond donors (Lipinski definition) is 2. The first-order chi connectivity index (χ1) is 10.2. The van der Waals surface area contributed by atoms with Crippen LogP contribution in [-0.4, -0.2) is 41.5 Å². The van der Waals surface area contributed by atoms with Crippen molar-refractivity contribution in [3.05, 3.63) is 24.0 Å². The third-order valence-electron chi connectivity index (χ3n) is 3.22. The lowest BCUT2D eigenvalue weighted by atomic mass is 10.3. The molecule has 0 unspecified atom stereocenters. The van der Waals surface area contributed by atoms with Crippen molar-refractivity contribution in [3.8, 4) is 0 Å². The molecule has 8 nitrogen and oxygen atoms in total. The maximum atomic E-state index is 5.89. The molecule has 110 valence electrons. The summed E-state index contributed by atoms with van der Waals surface area (Å²) in [6, 6.07) is 3.74. The number of aryl methyl sites for hydroxylation is 1. The molecule has 8 heteroatoms. The van der Waals surface area contributed by atoms with Crippen LogP contribution in [-0.2, 0) is 4.74 Å². The van der Waals surface area contributed by atoms with Crippen molar-refractivity contribution in [2.24, 2.45) is 10.2 Å². The Hall–Kier alpha value is -2.48. The third kappa shape index (κ3) is 3.00. The second-order valence-corrected chi connectivity index (χ2v) is 4.77. The summed E-state index contributed by atoms with van der Waals surface area (Å²) in [5.41, 5.74) is 8.06. The molecule has 0 amide bonds. The van der Waals surface area contributed by atoms with Crippen LogP contribution in [0.5, 0.6) is 0 Å². The van der Waals surface area contributed by atoms with E-state index in [9.17, 15) is 0 Å². The van der Waals surface area contributed by atoms with E-state index in [0.717, 1.165) is 18.8 Å². The van der Waals surface area contributed by atoms with Gasteiger partial charge in [-0.1, -0.05) is 0 Å². The Morgan fingerprint density at radius 1 is 1.29 bits per heavy atom. The highest BCUT2D eigenvalue weighted by molar-refractivity contribution is 5.73. The van der Waals surface area contributed by atoms with E-state index in [0.29, 0.717) is 36.2 Å². The Balaban J connectivity index is 1.84. The minimum atomic E-state index is 0.403. The van der Waals surface area contributed by atoms with Gasteiger partial charge in [-0.25, -0.2) is 0 Å². The molecule has 0 radical (unpaired) electrons. The normalized spacial score (nSPS) is 15.8. The van der Waals surface area contributed by atoms with Crippen molar-refractivity contribution in [2.45, 2.75) is 6.92 Å². The summed E-state index contributed by atoms with van der Waals surface area (Å²) in [6.45, 7) is 4.79. The van der Waals surface area contributed by atoms with Crippen LogP contribution in [0.4, 0.5) is 23.0 Å². The summed E-state index contributed by atoms with van der Waals surface area (Å²) in [5, 5.41) is 15.4. The van der Waals surface area contributed by atoms with Gasteiger partial charge in [0, 0.05) is 18.8 Å². The smallest absolute Gasteiger partial charge is 0.180 e. The first-order valence-corrected chi connectivity index (χ1v) is 6.75. The number of nitrogens with two attached hydrogens (primary N) is 1. The van der Waals surface area contributed by atoms with E-state index in [1.165, 1.54) is 0 Å². The third-order valence-corrected chi connectivity index (χ3v) is 3.22. The topological polar surface area (TPSA) is 105 Å². The Kier molecular flexibility index (Phi) is 3.78. The van der Waals surface area contributed by atoms with E-state index >= 15 is 0 Å². The van der Waals surface area contributed by atoms with Gasteiger partial charge in [-0.3, -0.25) is 10.1 Å². The maximum absolute atomic E-state index is 5.89. The Bertz CT molecular complexity index is 628. The van der Waals surface area contributed by atoms with Crippen LogP contribution in [0.15, 0.2) is 28.6 Å². The molecule has 3 heterocycles. The Morgan fingerprint density at radius 2 is 2.10 bits per heavy atom. The lowest BCUT2D eigenvalue weighted by Gasteiger charge is -2.26. The van der Waals surface area contributed by atoms with Crippen LogP contribution >= 0.6 is 0 Å². The van der Waals surface area contributed by atoms with Gasteiger partial charge in [0.25, 0.3) is 0 Å². The quantitative estimate of drug-likeness (QED) is 0.839. The molecule has 1 saturated heterocycles. The van der Waals surface area contributed by atoms with Gasteiger partial charge in [0.05, 0.1) is 19.4 Å². The number of pyridine rings is 1. The predicted octanol–water partition coefficient (Wildman–Crippen LogP) is 1.95. The Morgan fingerprint density at radius 3 is 2.81 bits per heavy atom. The first kappa shape index (κ1) is 13.5. The summed E-state index contributed by atoms with van der Waals surface area (Å²) in [7, 11) is 0. The van der Waals surface area contributed by atoms with Crippen LogP contribution in [0.1, 0.15) is 5.69 Å². The number of H-pyrrole nitrogens is 1. The molecule has 3 N–H and O–H groups in total. The first-order valence-electron chi connectivity index (χ1n) is 6.75. The highest BCUT2D eigenvalue weighted by Gasteiger charge is 2.19. The van der Waals surface area contributed by atoms with Gasteiger partial charge in [0.2, 0.25) is 0 Å². The number of hydrogen-bond acceptors (Lipinski definition) is 7. The molecule has 0 bridgehead atoms. The van der Waals surface area contributed by atoms with E-state index in [4.69, 9.17) is 10.5 Å². The van der Waals surface area contributed by atoms with E-state index in [2.05, 4.69) is 30.3 Å². The van der Waals surface area contributed by atoms with Crippen molar-refractivity contribution in [2.75, 3.05) is 36.9 Å². The zero-order valence-corrected chi connectivity index (χ0v) is 11.8. The molecule has 1 aliphatic heterocycles. The van der Waals surface area contributed by atoms with Gasteiger partial charge in [0.1, 0.15) is 11.5 Å². The average molecular weight is 287 g/mol. The number of morpholine rings is 1. The number of nitrogens with one attached hydrogen (secondary N) is 1. The van der Waals surface area contributed by atoms with Gasteiger partial charge < -0.3 is 15.4 Å². The molecule has 0 spiro atoms.